The normalized spacial score (nSPS) is 15.8. The van der Waals surface area contributed by atoms with Crippen molar-refractivity contribution < 1.29 is 9.53 Å². The Balaban J connectivity index is 1.58. The number of hydrogen-bond acceptors (Lipinski definition) is 4. The molecule has 1 aliphatic heterocycles. The van der Waals surface area contributed by atoms with Crippen LogP contribution in [0.15, 0.2) is 90.0 Å². The van der Waals surface area contributed by atoms with Crippen molar-refractivity contribution in [2.24, 2.45) is 5.10 Å². The monoisotopic (exact) mass is 413 g/mol. The summed E-state index contributed by atoms with van der Waals surface area (Å²) in [5.74, 6) is 0.743. The molecule has 0 fully saturated rings. The van der Waals surface area contributed by atoms with Crippen molar-refractivity contribution in [1.29, 1.82) is 0 Å². The third-order valence-corrected chi connectivity index (χ3v) is 5.47. The van der Waals surface area contributed by atoms with E-state index in [2.05, 4.69) is 12.1 Å². The summed E-state index contributed by atoms with van der Waals surface area (Å²) in [6, 6.07) is 27.9. The lowest BCUT2D eigenvalue weighted by atomic mass is 9.97. The van der Waals surface area contributed by atoms with Crippen molar-refractivity contribution in [2.75, 3.05) is 20.7 Å². The summed E-state index contributed by atoms with van der Waals surface area (Å²) in [5.41, 5.74) is 4.10. The van der Waals surface area contributed by atoms with Crippen molar-refractivity contribution in [3.63, 3.8) is 0 Å². The van der Waals surface area contributed by atoms with E-state index in [0.29, 0.717) is 13.0 Å². The number of amides is 1. The molecule has 5 nitrogen and oxygen atoms in total. The van der Waals surface area contributed by atoms with Gasteiger partial charge < -0.3 is 4.74 Å². The van der Waals surface area contributed by atoms with Crippen molar-refractivity contribution in [1.82, 2.24) is 9.91 Å². The van der Waals surface area contributed by atoms with Gasteiger partial charge in [-0.2, -0.15) is 5.10 Å². The van der Waals surface area contributed by atoms with Crippen LogP contribution in [-0.4, -0.2) is 42.2 Å². The lowest BCUT2D eigenvalue weighted by molar-refractivity contribution is -0.134. The molecule has 3 aromatic rings. The van der Waals surface area contributed by atoms with Crippen molar-refractivity contribution in [3.8, 4) is 5.75 Å². The van der Waals surface area contributed by atoms with Gasteiger partial charge in [0.25, 0.3) is 5.91 Å². The largest absolute Gasteiger partial charge is 0.496 e. The summed E-state index contributed by atoms with van der Waals surface area (Å²) in [6.07, 6.45) is 0.651. The van der Waals surface area contributed by atoms with Gasteiger partial charge in [-0.3, -0.25) is 9.69 Å². The molecule has 0 saturated heterocycles. The zero-order chi connectivity index (χ0) is 21.6. The Labute approximate surface area is 183 Å². The molecule has 0 aromatic heterocycles. The van der Waals surface area contributed by atoms with Crippen LogP contribution in [0.5, 0.6) is 5.75 Å². The summed E-state index contributed by atoms with van der Waals surface area (Å²) in [5, 5.41) is 6.41. The highest BCUT2D eigenvalue weighted by Crippen LogP contribution is 2.37. The third kappa shape index (κ3) is 4.84. The van der Waals surface area contributed by atoms with Gasteiger partial charge in [0, 0.05) is 18.5 Å². The Hall–Kier alpha value is -3.44. The second-order valence-corrected chi connectivity index (χ2v) is 7.77. The van der Waals surface area contributed by atoms with E-state index in [4.69, 9.17) is 9.84 Å². The first kappa shape index (κ1) is 20.8. The number of rotatable bonds is 7. The number of hydrogen-bond donors (Lipinski definition) is 0. The first-order chi connectivity index (χ1) is 15.2. The number of benzene rings is 3. The molecule has 1 aliphatic rings. The van der Waals surface area contributed by atoms with Crippen LogP contribution < -0.4 is 4.74 Å². The molecular weight excluding hydrogens is 386 g/mol. The van der Waals surface area contributed by atoms with Crippen LogP contribution in [0.2, 0.25) is 0 Å². The standard InChI is InChI=1S/C26H27N3O2/c1-28(18-20-11-5-3-6-12-20)19-26(30)29-24(22-15-9-10-16-25(22)31-2)17-23(27-29)21-13-7-4-8-14-21/h3-16,24H,17-19H2,1-2H3. The van der Waals surface area contributed by atoms with E-state index in [0.717, 1.165) is 22.6 Å². The number of carbonyl (C=O) groups excluding carboxylic acids is 1. The fourth-order valence-corrected chi connectivity index (χ4v) is 3.98. The zero-order valence-electron chi connectivity index (χ0n) is 17.9. The van der Waals surface area contributed by atoms with Gasteiger partial charge in [-0.25, -0.2) is 5.01 Å². The van der Waals surface area contributed by atoms with E-state index in [-0.39, 0.29) is 18.5 Å². The van der Waals surface area contributed by atoms with Crippen LogP contribution in [-0.2, 0) is 11.3 Å². The van der Waals surface area contributed by atoms with Gasteiger partial charge in [0.2, 0.25) is 0 Å². The van der Waals surface area contributed by atoms with E-state index in [1.165, 1.54) is 5.56 Å². The predicted molar refractivity (Wildman–Crippen MR) is 123 cm³/mol. The quantitative estimate of drug-likeness (QED) is 0.573. The number of hydrazone groups is 1. The predicted octanol–water partition coefficient (Wildman–Crippen LogP) is 4.50. The van der Waals surface area contributed by atoms with E-state index < -0.39 is 0 Å². The minimum atomic E-state index is -0.191. The number of nitrogens with zero attached hydrogens (tertiary/aromatic N) is 3. The highest BCUT2D eigenvalue weighted by atomic mass is 16.5. The average Bonchev–Trinajstić information content (AvgIpc) is 3.26. The summed E-state index contributed by atoms with van der Waals surface area (Å²) in [4.78, 5) is 15.4. The Morgan fingerprint density at radius 3 is 2.35 bits per heavy atom. The zero-order valence-corrected chi connectivity index (χ0v) is 17.9. The van der Waals surface area contributed by atoms with Crippen LogP contribution in [0.4, 0.5) is 0 Å². The summed E-state index contributed by atoms with van der Waals surface area (Å²) >= 11 is 0. The van der Waals surface area contributed by atoms with Gasteiger partial charge >= 0.3 is 0 Å². The highest BCUT2D eigenvalue weighted by molar-refractivity contribution is 6.03. The lowest BCUT2D eigenvalue weighted by Gasteiger charge is -2.25. The fraction of sp³-hybridized carbons (Fsp3) is 0.231. The van der Waals surface area contributed by atoms with Crippen molar-refractivity contribution in [3.05, 3.63) is 102 Å². The average molecular weight is 414 g/mol. The topological polar surface area (TPSA) is 45.1 Å². The summed E-state index contributed by atoms with van der Waals surface area (Å²) in [6.45, 7) is 0.987. The fourth-order valence-electron chi connectivity index (χ4n) is 3.98. The Bertz CT molecular complexity index is 1050. The SMILES string of the molecule is COc1ccccc1C1CC(c2ccccc2)=NN1C(=O)CN(C)Cc1ccccc1. The number of methoxy groups -OCH3 is 1. The molecule has 5 heteroatoms. The molecule has 1 amide bonds. The number of para-hydroxylation sites is 1. The van der Waals surface area contributed by atoms with E-state index in [9.17, 15) is 4.79 Å². The van der Waals surface area contributed by atoms with Gasteiger partial charge in [0.1, 0.15) is 5.75 Å². The maximum absolute atomic E-state index is 13.3. The molecular formula is C26H27N3O2. The van der Waals surface area contributed by atoms with E-state index >= 15 is 0 Å². The van der Waals surface area contributed by atoms with Crippen LogP contribution in [0, 0.1) is 0 Å². The molecule has 31 heavy (non-hydrogen) atoms. The minimum absolute atomic E-state index is 0.0275. The number of ether oxygens (including phenoxy) is 1. The van der Waals surface area contributed by atoms with Crippen LogP contribution >= 0.6 is 0 Å². The summed E-state index contributed by atoms with van der Waals surface area (Å²) in [7, 11) is 3.62. The molecule has 3 aromatic carbocycles. The van der Waals surface area contributed by atoms with E-state index in [1.807, 2.05) is 84.7 Å². The van der Waals surface area contributed by atoms with Crippen LogP contribution in [0.1, 0.15) is 29.2 Å². The van der Waals surface area contributed by atoms with E-state index in [1.54, 1.807) is 12.1 Å². The van der Waals surface area contributed by atoms with Gasteiger partial charge in [0.15, 0.2) is 0 Å². The number of carbonyl (C=O) groups is 1. The Morgan fingerprint density at radius 1 is 1.00 bits per heavy atom. The van der Waals surface area contributed by atoms with Crippen molar-refractivity contribution in [2.45, 2.75) is 19.0 Å². The Morgan fingerprint density at radius 2 is 1.65 bits per heavy atom. The maximum atomic E-state index is 13.3. The molecule has 158 valence electrons. The maximum Gasteiger partial charge on any atom is 0.257 e. The molecule has 0 bridgehead atoms. The molecule has 1 atom stereocenters. The molecule has 0 N–H and O–H groups in total. The van der Waals surface area contributed by atoms with Crippen molar-refractivity contribution >= 4 is 11.6 Å². The second-order valence-electron chi connectivity index (χ2n) is 7.77. The minimum Gasteiger partial charge on any atom is -0.496 e. The van der Waals surface area contributed by atoms with Gasteiger partial charge in [-0.1, -0.05) is 78.9 Å². The summed E-state index contributed by atoms with van der Waals surface area (Å²) < 4.78 is 5.59. The Kier molecular flexibility index (Phi) is 6.43. The molecule has 0 spiro atoms. The highest BCUT2D eigenvalue weighted by Gasteiger charge is 2.34. The first-order valence-corrected chi connectivity index (χ1v) is 10.5. The van der Waals surface area contributed by atoms with Crippen LogP contribution in [0.25, 0.3) is 0 Å². The molecule has 1 unspecified atom stereocenters. The third-order valence-electron chi connectivity index (χ3n) is 5.47. The smallest absolute Gasteiger partial charge is 0.257 e. The molecule has 1 heterocycles. The molecule has 0 aliphatic carbocycles. The lowest BCUT2D eigenvalue weighted by Crippen LogP contribution is -2.36. The van der Waals surface area contributed by atoms with Crippen LogP contribution in [0.3, 0.4) is 0 Å². The van der Waals surface area contributed by atoms with Gasteiger partial charge in [-0.15, -0.1) is 0 Å². The molecule has 0 saturated carbocycles. The van der Waals surface area contributed by atoms with Gasteiger partial charge in [0.05, 0.1) is 25.4 Å². The first-order valence-electron chi connectivity index (χ1n) is 10.5. The molecule has 0 radical (unpaired) electrons. The molecule has 4 rings (SSSR count). The number of likely N-dealkylation sites (N-methyl/N-ethyl adjacent to an activating group) is 1. The second kappa shape index (κ2) is 9.58. The van der Waals surface area contributed by atoms with Gasteiger partial charge in [-0.05, 0) is 24.2 Å².